The second-order valence-electron chi connectivity index (χ2n) is 11.8. The number of aliphatic hydroxyl groups excluding tert-OH is 1. The third-order valence-corrected chi connectivity index (χ3v) is 10.7. The first-order valence-corrected chi connectivity index (χ1v) is 12.6. The third-order valence-electron chi connectivity index (χ3n) is 10.7. The fourth-order valence-electron chi connectivity index (χ4n) is 9.16. The first-order chi connectivity index (χ1) is 14.1. The minimum absolute atomic E-state index is 0.108. The summed E-state index contributed by atoms with van der Waals surface area (Å²) in [5.74, 6) is 2.31. The molecule has 10 atom stereocenters. The number of ketones is 1. The van der Waals surface area contributed by atoms with Crippen LogP contribution in [0, 0.1) is 52.3 Å². The molecule has 0 aliphatic heterocycles. The lowest BCUT2D eigenvalue weighted by molar-refractivity contribution is -0.173. The topological polar surface area (TPSA) is 74.6 Å². The van der Waals surface area contributed by atoms with Crippen molar-refractivity contribution in [2.45, 2.75) is 98.0 Å². The first-order valence-electron chi connectivity index (χ1n) is 12.6. The number of fused-ring (bicyclic) bond motifs is 5. The average Bonchev–Trinajstić information content (AvgIpc) is 3.05. The number of carboxylic acid groups (broad SMARTS) is 1. The molecule has 0 radical (unpaired) electrons. The molecule has 0 amide bonds. The Morgan fingerprint density at radius 3 is 2.40 bits per heavy atom. The Morgan fingerprint density at radius 2 is 1.73 bits per heavy atom. The van der Waals surface area contributed by atoms with Crippen molar-refractivity contribution in [3.63, 3.8) is 0 Å². The molecule has 4 aliphatic carbocycles. The number of aliphatic carboxylic acids is 1. The van der Waals surface area contributed by atoms with E-state index >= 15 is 0 Å². The van der Waals surface area contributed by atoms with Gasteiger partial charge in [-0.15, -0.1) is 0 Å². The van der Waals surface area contributed by atoms with E-state index in [2.05, 4.69) is 27.7 Å². The molecule has 4 saturated carbocycles. The van der Waals surface area contributed by atoms with Crippen LogP contribution in [-0.4, -0.2) is 28.1 Å². The van der Waals surface area contributed by atoms with Crippen molar-refractivity contribution in [2.24, 2.45) is 52.3 Å². The van der Waals surface area contributed by atoms with Crippen LogP contribution in [0.15, 0.2) is 0 Å². The summed E-state index contributed by atoms with van der Waals surface area (Å²) in [6.07, 6.45) is 9.01. The number of aliphatic hydroxyl groups is 1. The first kappa shape index (κ1) is 22.3. The maximum Gasteiger partial charge on any atom is 0.303 e. The minimum atomic E-state index is -0.697. The number of carbonyl (C=O) groups is 2. The Labute approximate surface area is 182 Å². The molecule has 4 rings (SSSR count). The highest BCUT2D eigenvalue weighted by Gasteiger charge is 2.65. The molecule has 0 saturated heterocycles. The molecule has 0 aromatic carbocycles. The summed E-state index contributed by atoms with van der Waals surface area (Å²) >= 11 is 0. The van der Waals surface area contributed by atoms with Gasteiger partial charge in [-0.05, 0) is 98.2 Å². The quantitative estimate of drug-likeness (QED) is 0.633. The molecule has 0 heterocycles. The van der Waals surface area contributed by atoms with Crippen molar-refractivity contribution < 1.29 is 19.8 Å². The van der Waals surface area contributed by atoms with Crippen molar-refractivity contribution in [3.05, 3.63) is 0 Å². The summed E-state index contributed by atoms with van der Waals surface area (Å²) in [4.78, 5) is 25.0. The highest BCUT2D eigenvalue weighted by molar-refractivity contribution is 5.86. The van der Waals surface area contributed by atoms with Crippen LogP contribution >= 0.6 is 0 Å². The Balaban J connectivity index is 1.62. The van der Waals surface area contributed by atoms with Gasteiger partial charge in [0.15, 0.2) is 0 Å². The lowest BCUT2D eigenvalue weighted by atomic mass is 9.42. The predicted octanol–water partition coefficient (Wildman–Crippen LogP) is 5.32. The summed E-state index contributed by atoms with van der Waals surface area (Å²) in [7, 11) is 0. The SMILES string of the molecule is CC[C@H]1C(=O)[C@H]2[C@@H]3CC[C@H](C(C)CCC(=O)O)[C@@]3(C)CC[C@@H]2[C@@]2(C)CC[C@@H](O)CC12. The van der Waals surface area contributed by atoms with Gasteiger partial charge >= 0.3 is 5.97 Å². The van der Waals surface area contributed by atoms with Crippen molar-refractivity contribution in [1.82, 2.24) is 0 Å². The van der Waals surface area contributed by atoms with Gasteiger partial charge in [0.05, 0.1) is 6.10 Å². The number of Topliss-reactive ketones (excluding diaryl/α,β-unsaturated/α-hetero) is 1. The van der Waals surface area contributed by atoms with Gasteiger partial charge in [-0.1, -0.05) is 27.7 Å². The van der Waals surface area contributed by atoms with Crippen LogP contribution < -0.4 is 0 Å². The van der Waals surface area contributed by atoms with Crippen LogP contribution in [0.3, 0.4) is 0 Å². The summed E-state index contributed by atoms with van der Waals surface area (Å²) in [5, 5.41) is 19.5. The summed E-state index contributed by atoms with van der Waals surface area (Å²) in [5.41, 5.74) is 0.358. The molecule has 0 bridgehead atoms. The van der Waals surface area contributed by atoms with Crippen molar-refractivity contribution in [2.75, 3.05) is 0 Å². The zero-order chi connectivity index (χ0) is 21.8. The number of hydrogen-bond acceptors (Lipinski definition) is 3. The number of carbonyl (C=O) groups excluding carboxylic acids is 1. The molecular weight excluding hydrogens is 376 g/mol. The highest BCUT2D eigenvalue weighted by Crippen LogP contribution is 2.68. The Hall–Kier alpha value is -0.900. The van der Waals surface area contributed by atoms with E-state index in [4.69, 9.17) is 5.11 Å². The second-order valence-corrected chi connectivity index (χ2v) is 11.8. The van der Waals surface area contributed by atoms with Crippen LogP contribution in [0.4, 0.5) is 0 Å². The van der Waals surface area contributed by atoms with Gasteiger partial charge in [0.25, 0.3) is 0 Å². The fraction of sp³-hybridized carbons (Fsp3) is 0.923. The van der Waals surface area contributed by atoms with E-state index in [9.17, 15) is 14.7 Å². The molecule has 30 heavy (non-hydrogen) atoms. The average molecular weight is 419 g/mol. The van der Waals surface area contributed by atoms with E-state index in [0.717, 1.165) is 51.4 Å². The van der Waals surface area contributed by atoms with E-state index in [1.54, 1.807) is 0 Å². The lowest BCUT2D eigenvalue weighted by Gasteiger charge is -2.62. The van der Waals surface area contributed by atoms with Gasteiger partial charge in [0.1, 0.15) is 5.78 Å². The zero-order valence-corrected chi connectivity index (χ0v) is 19.4. The molecule has 4 fully saturated rings. The van der Waals surface area contributed by atoms with Gasteiger partial charge in [0, 0.05) is 18.3 Å². The monoisotopic (exact) mass is 418 g/mol. The second kappa shape index (κ2) is 7.90. The van der Waals surface area contributed by atoms with Gasteiger partial charge in [0.2, 0.25) is 0 Å². The standard InChI is InChI=1S/C26H42O4/c1-5-17-21-14-16(27)10-12-26(21,4)20-11-13-25(3)18(15(2)6-9-22(28)29)7-8-19(25)23(20)24(17)30/h15-21,23,27H,5-14H2,1-4H3,(H,28,29)/t15?,16-,17-,18-,19+,20+,21?,23+,25-,26-/m1/s1. The van der Waals surface area contributed by atoms with Crippen LogP contribution in [0.5, 0.6) is 0 Å². The number of carboxylic acids is 1. The normalized spacial score (nSPS) is 49.1. The largest absolute Gasteiger partial charge is 0.481 e. The third kappa shape index (κ3) is 3.27. The van der Waals surface area contributed by atoms with Gasteiger partial charge in [-0.3, -0.25) is 9.59 Å². The van der Waals surface area contributed by atoms with Crippen molar-refractivity contribution >= 4 is 11.8 Å². The van der Waals surface area contributed by atoms with E-state index in [-0.39, 0.29) is 35.2 Å². The Kier molecular flexibility index (Phi) is 5.87. The molecule has 4 heteroatoms. The maximum absolute atomic E-state index is 13.9. The molecular formula is C26H42O4. The van der Waals surface area contributed by atoms with Gasteiger partial charge in [-0.2, -0.15) is 0 Å². The van der Waals surface area contributed by atoms with E-state index < -0.39 is 5.97 Å². The molecule has 2 unspecified atom stereocenters. The van der Waals surface area contributed by atoms with E-state index in [1.807, 2.05) is 0 Å². The molecule has 0 spiro atoms. The lowest BCUT2D eigenvalue weighted by Crippen LogP contribution is -2.60. The van der Waals surface area contributed by atoms with Crippen LogP contribution in [0.2, 0.25) is 0 Å². The fourth-order valence-corrected chi connectivity index (χ4v) is 9.16. The highest BCUT2D eigenvalue weighted by atomic mass is 16.4. The maximum atomic E-state index is 13.9. The van der Waals surface area contributed by atoms with Gasteiger partial charge < -0.3 is 10.2 Å². The van der Waals surface area contributed by atoms with Crippen molar-refractivity contribution in [1.29, 1.82) is 0 Å². The van der Waals surface area contributed by atoms with Crippen LogP contribution in [-0.2, 0) is 9.59 Å². The molecule has 4 aliphatic rings. The summed E-state index contributed by atoms with van der Waals surface area (Å²) in [6, 6.07) is 0. The zero-order valence-electron chi connectivity index (χ0n) is 19.4. The van der Waals surface area contributed by atoms with Crippen molar-refractivity contribution in [3.8, 4) is 0 Å². The Bertz CT molecular complexity index is 689. The molecule has 0 aromatic heterocycles. The van der Waals surface area contributed by atoms with Crippen LogP contribution in [0.25, 0.3) is 0 Å². The minimum Gasteiger partial charge on any atom is -0.481 e. The van der Waals surface area contributed by atoms with Gasteiger partial charge in [-0.25, -0.2) is 0 Å². The molecule has 4 nitrogen and oxygen atoms in total. The number of rotatable bonds is 5. The van der Waals surface area contributed by atoms with E-state index in [0.29, 0.717) is 35.4 Å². The smallest absolute Gasteiger partial charge is 0.303 e. The Morgan fingerprint density at radius 1 is 1.07 bits per heavy atom. The summed E-state index contributed by atoms with van der Waals surface area (Å²) in [6.45, 7) is 9.28. The number of hydrogen-bond donors (Lipinski definition) is 2. The predicted molar refractivity (Wildman–Crippen MR) is 117 cm³/mol. The summed E-state index contributed by atoms with van der Waals surface area (Å²) < 4.78 is 0. The molecule has 170 valence electrons. The van der Waals surface area contributed by atoms with E-state index in [1.165, 1.54) is 6.42 Å². The molecule has 2 N–H and O–H groups in total. The molecule has 0 aromatic rings. The van der Waals surface area contributed by atoms with Crippen LogP contribution in [0.1, 0.15) is 91.9 Å².